The van der Waals surface area contributed by atoms with Gasteiger partial charge in [-0.2, -0.15) is 4.80 Å². The zero-order chi connectivity index (χ0) is 17.1. The number of likely N-dealkylation sites (tertiary alicyclic amines) is 1. The highest BCUT2D eigenvalue weighted by atomic mass is 16.3. The second-order valence-corrected chi connectivity index (χ2v) is 5.96. The summed E-state index contributed by atoms with van der Waals surface area (Å²) in [6.07, 6.45) is 2.47. The van der Waals surface area contributed by atoms with Crippen LogP contribution in [0.25, 0.3) is 11.6 Å². The van der Waals surface area contributed by atoms with Crippen molar-refractivity contribution >= 4 is 11.6 Å². The van der Waals surface area contributed by atoms with Crippen LogP contribution in [-0.4, -0.2) is 50.1 Å². The highest BCUT2D eigenvalue weighted by Gasteiger charge is 2.26. The molecule has 1 aromatic carbocycles. The topological polar surface area (TPSA) is 89.1 Å². The standard InChI is InChI=1S/C17H18N6O2/c24-16(12-23-20-17(19-21-23)15-7-4-10-25-15)22-9-8-14(11-22)18-13-5-2-1-3-6-13/h1-7,10,14,18H,8-9,11-12H2. The van der Waals surface area contributed by atoms with Crippen molar-refractivity contribution in [2.24, 2.45) is 0 Å². The molecule has 0 saturated carbocycles. The maximum atomic E-state index is 12.5. The Morgan fingerprint density at radius 1 is 1.24 bits per heavy atom. The molecule has 25 heavy (non-hydrogen) atoms. The third-order valence-electron chi connectivity index (χ3n) is 4.16. The summed E-state index contributed by atoms with van der Waals surface area (Å²) in [4.78, 5) is 15.6. The van der Waals surface area contributed by atoms with Crippen molar-refractivity contribution in [3.8, 4) is 11.6 Å². The SMILES string of the molecule is O=C(Cn1nnc(-c2ccco2)n1)N1CCC(Nc2ccccc2)C1. The molecule has 1 aliphatic heterocycles. The van der Waals surface area contributed by atoms with Crippen molar-refractivity contribution in [3.05, 3.63) is 48.7 Å². The van der Waals surface area contributed by atoms with Crippen LogP contribution in [-0.2, 0) is 11.3 Å². The second kappa shape index (κ2) is 6.76. The maximum absolute atomic E-state index is 12.5. The van der Waals surface area contributed by atoms with E-state index in [1.165, 1.54) is 4.80 Å². The van der Waals surface area contributed by atoms with Gasteiger partial charge in [-0.15, -0.1) is 10.2 Å². The van der Waals surface area contributed by atoms with E-state index in [1.54, 1.807) is 18.4 Å². The van der Waals surface area contributed by atoms with Crippen LogP contribution in [0.3, 0.4) is 0 Å². The predicted octanol–water partition coefficient (Wildman–Crippen LogP) is 1.65. The molecule has 0 aliphatic carbocycles. The molecule has 1 aliphatic rings. The van der Waals surface area contributed by atoms with Gasteiger partial charge in [-0.3, -0.25) is 4.79 Å². The third-order valence-corrected chi connectivity index (χ3v) is 4.16. The first-order valence-electron chi connectivity index (χ1n) is 8.19. The van der Waals surface area contributed by atoms with Crippen molar-refractivity contribution in [1.29, 1.82) is 0 Å². The molecule has 128 valence electrons. The van der Waals surface area contributed by atoms with Gasteiger partial charge in [0.1, 0.15) is 6.54 Å². The molecule has 1 fully saturated rings. The maximum Gasteiger partial charge on any atom is 0.246 e. The fourth-order valence-corrected chi connectivity index (χ4v) is 2.91. The van der Waals surface area contributed by atoms with Crippen LogP contribution in [0, 0.1) is 0 Å². The number of benzene rings is 1. The van der Waals surface area contributed by atoms with Crippen LogP contribution in [0.2, 0.25) is 0 Å². The minimum atomic E-state index is -0.0132. The zero-order valence-corrected chi connectivity index (χ0v) is 13.6. The number of hydrogen-bond donors (Lipinski definition) is 1. The van der Waals surface area contributed by atoms with Gasteiger partial charge in [0.25, 0.3) is 0 Å². The van der Waals surface area contributed by atoms with E-state index in [0.717, 1.165) is 18.7 Å². The van der Waals surface area contributed by atoms with Crippen LogP contribution < -0.4 is 5.32 Å². The largest absolute Gasteiger partial charge is 0.461 e. The van der Waals surface area contributed by atoms with Crippen molar-refractivity contribution in [2.45, 2.75) is 19.0 Å². The molecule has 1 saturated heterocycles. The molecule has 8 nitrogen and oxygen atoms in total. The summed E-state index contributed by atoms with van der Waals surface area (Å²) < 4.78 is 5.23. The van der Waals surface area contributed by atoms with Gasteiger partial charge in [0.05, 0.1) is 6.26 Å². The fourth-order valence-electron chi connectivity index (χ4n) is 2.91. The number of aromatic nitrogens is 4. The number of amides is 1. The van der Waals surface area contributed by atoms with Crippen molar-refractivity contribution in [2.75, 3.05) is 18.4 Å². The Morgan fingerprint density at radius 3 is 2.92 bits per heavy atom. The number of rotatable bonds is 5. The summed E-state index contributed by atoms with van der Waals surface area (Å²) >= 11 is 0. The molecule has 1 amide bonds. The predicted molar refractivity (Wildman–Crippen MR) is 90.6 cm³/mol. The number of nitrogens with zero attached hydrogens (tertiary/aromatic N) is 5. The molecule has 0 spiro atoms. The summed E-state index contributed by atoms with van der Waals surface area (Å²) in [5, 5.41) is 15.5. The highest BCUT2D eigenvalue weighted by Crippen LogP contribution is 2.16. The first-order valence-corrected chi connectivity index (χ1v) is 8.19. The van der Waals surface area contributed by atoms with E-state index in [4.69, 9.17) is 4.42 Å². The Morgan fingerprint density at radius 2 is 2.12 bits per heavy atom. The molecular formula is C17H18N6O2. The smallest absolute Gasteiger partial charge is 0.246 e. The average molecular weight is 338 g/mol. The Labute approximate surface area is 144 Å². The van der Waals surface area contributed by atoms with Crippen LogP contribution >= 0.6 is 0 Å². The van der Waals surface area contributed by atoms with E-state index in [-0.39, 0.29) is 18.5 Å². The van der Waals surface area contributed by atoms with Crippen molar-refractivity contribution in [1.82, 2.24) is 25.1 Å². The Kier molecular flexibility index (Phi) is 4.16. The van der Waals surface area contributed by atoms with E-state index in [9.17, 15) is 4.79 Å². The molecule has 0 bridgehead atoms. The van der Waals surface area contributed by atoms with E-state index in [1.807, 2.05) is 35.2 Å². The van der Waals surface area contributed by atoms with Gasteiger partial charge < -0.3 is 14.6 Å². The van der Waals surface area contributed by atoms with Gasteiger partial charge in [-0.1, -0.05) is 18.2 Å². The monoisotopic (exact) mass is 338 g/mol. The number of carbonyl (C=O) groups excluding carboxylic acids is 1. The molecular weight excluding hydrogens is 320 g/mol. The first kappa shape index (κ1) is 15.4. The summed E-state index contributed by atoms with van der Waals surface area (Å²) in [5.74, 6) is 0.899. The number of furan rings is 1. The normalized spacial score (nSPS) is 17.0. The van der Waals surface area contributed by atoms with E-state index in [2.05, 4.69) is 20.7 Å². The van der Waals surface area contributed by atoms with Crippen LogP contribution in [0.4, 0.5) is 5.69 Å². The fraction of sp³-hybridized carbons (Fsp3) is 0.294. The van der Waals surface area contributed by atoms with Gasteiger partial charge >= 0.3 is 0 Å². The summed E-state index contributed by atoms with van der Waals surface area (Å²) in [7, 11) is 0. The first-order chi connectivity index (χ1) is 12.3. The lowest BCUT2D eigenvalue weighted by molar-refractivity contribution is -0.131. The number of hydrogen-bond acceptors (Lipinski definition) is 6. The van der Waals surface area contributed by atoms with Crippen LogP contribution in [0.15, 0.2) is 53.1 Å². The Hall–Kier alpha value is -3.16. The molecule has 1 unspecified atom stereocenters. The molecule has 1 atom stereocenters. The number of para-hydroxylation sites is 1. The zero-order valence-electron chi connectivity index (χ0n) is 13.6. The molecule has 2 aromatic heterocycles. The molecule has 3 aromatic rings. The van der Waals surface area contributed by atoms with Gasteiger partial charge in [-0.05, 0) is 35.9 Å². The minimum Gasteiger partial charge on any atom is -0.461 e. The number of nitrogens with one attached hydrogen (secondary N) is 1. The van der Waals surface area contributed by atoms with E-state index < -0.39 is 0 Å². The molecule has 4 rings (SSSR count). The third kappa shape index (κ3) is 3.52. The lowest BCUT2D eigenvalue weighted by atomic mass is 10.2. The summed E-state index contributed by atoms with van der Waals surface area (Å²) in [5.41, 5.74) is 1.07. The molecule has 0 radical (unpaired) electrons. The van der Waals surface area contributed by atoms with Crippen LogP contribution in [0.5, 0.6) is 0 Å². The van der Waals surface area contributed by atoms with E-state index in [0.29, 0.717) is 18.1 Å². The second-order valence-electron chi connectivity index (χ2n) is 5.96. The van der Waals surface area contributed by atoms with Crippen molar-refractivity contribution < 1.29 is 9.21 Å². The highest BCUT2D eigenvalue weighted by molar-refractivity contribution is 5.76. The number of tetrazole rings is 1. The lowest BCUT2D eigenvalue weighted by Crippen LogP contribution is -2.34. The summed E-state index contributed by atoms with van der Waals surface area (Å²) in [6, 6.07) is 13.8. The molecule has 8 heteroatoms. The minimum absolute atomic E-state index is 0.0132. The van der Waals surface area contributed by atoms with Gasteiger partial charge in [0.2, 0.25) is 11.7 Å². The van der Waals surface area contributed by atoms with Crippen molar-refractivity contribution in [3.63, 3.8) is 0 Å². The average Bonchev–Trinajstić information content (AvgIpc) is 3.37. The van der Waals surface area contributed by atoms with Gasteiger partial charge in [0, 0.05) is 24.8 Å². The van der Waals surface area contributed by atoms with E-state index >= 15 is 0 Å². The lowest BCUT2D eigenvalue weighted by Gasteiger charge is -2.17. The number of anilines is 1. The van der Waals surface area contributed by atoms with Gasteiger partial charge in [-0.25, -0.2) is 0 Å². The number of carbonyl (C=O) groups is 1. The summed E-state index contributed by atoms with van der Waals surface area (Å²) in [6.45, 7) is 1.47. The Balaban J connectivity index is 1.33. The molecule has 1 N–H and O–H groups in total. The van der Waals surface area contributed by atoms with Gasteiger partial charge in [0.15, 0.2) is 5.76 Å². The molecule has 3 heterocycles. The Bertz CT molecular complexity index is 830. The van der Waals surface area contributed by atoms with Crippen LogP contribution in [0.1, 0.15) is 6.42 Å². The quantitative estimate of drug-likeness (QED) is 0.761.